The van der Waals surface area contributed by atoms with Crippen molar-refractivity contribution in [1.29, 1.82) is 0 Å². The van der Waals surface area contributed by atoms with Gasteiger partial charge in [-0.2, -0.15) is 0 Å². The van der Waals surface area contributed by atoms with E-state index >= 15 is 0 Å². The van der Waals surface area contributed by atoms with Gasteiger partial charge in [-0.05, 0) is 36.8 Å². The van der Waals surface area contributed by atoms with Crippen LogP contribution in [0.15, 0.2) is 42.5 Å². The van der Waals surface area contributed by atoms with E-state index in [0.717, 1.165) is 25.5 Å². The Kier molecular flexibility index (Phi) is 7.41. The van der Waals surface area contributed by atoms with Crippen molar-refractivity contribution in [2.24, 2.45) is 0 Å². The minimum Gasteiger partial charge on any atom is -0.452 e. The van der Waals surface area contributed by atoms with Crippen LogP contribution in [0.1, 0.15) is 30.1 Å². The molecule has 0 bridgehead atoms. The summed E-state index contributed by atoms with van der Waals surface area (Å²) >= 11 is 5.77. The van der Waals surface area contributed by atoms with E-state index in [4.69, 9.17) is 16.3 Å². The first-order chi connectivity index (χ1) is 12.5. The van der Waals surface area contributed by atoms with Crippen molar-refractivity contribution >= 4 is 34.9 Å². The van der Waals surface area contributed by atoms with Crippen LogP contribution in [0, 0.1) is 5.82 Å². The van der Waals surface area contributed by atoms with Crippen LogP contribution in [0.25, 0.3) is 0 Å². The molecule has 2 aromatic carbocycles. The molecule has 0 aliphatic heterocycles. The highest BCUT2D eigenvalue weighted by Gasteiger charge is 2.15. The third kappa shape index (κ3) is 5.74. The molecule has 0 aromatic heterocycles. The highest BCUT2D eigenvalue weighted by molar-refractivity contribution is 6.30. The van der Waals surface area contributed by atoms with E-state index in [-0.39, 0.29) is 10.7 Å². The second kappa shape index (κ2) is 9.77. The van der Waals surface area contributed by atoms with Crippen molar-refractivity contribution in [2.45, 2.75) is 19.8 Å². The topological polar surface area (TPSA) is 67.4 Å². The average Bonchev–Trinajstić information content (AvgIpc) is 2.63. The molecule has 0 unspecified atom stereocenters. The maximum atomic E-state index is 13.6. The number of para-hydroxylation sites is 1. The fourth-order valence-corrected chi connectivity index (χ4v) is 2.38. The number of amides is 1. The maximum absolute atomic E-state index is 13.6. The first kappa shape index (κ1) is 19.7. The van der Waals surface area contributed by atoms with Crippen molar-refractivity contribution in [2.75, 3.05) is 23.8 Å². The highest BCUT2D eigenvalue weighted by Crippen LogP contribution is 2.20. The summed E-state index contributed by atoms with van der Waals surface area (Å²) in [6.45, 7) is 2.27. The van der Waals surface area contributed by atoms with E-state index in [2.05, 4.69) is 17.6 Å². The summed E-state index contributed by atoms with van der Waals surface area (Å²) in [6, 6.07) is 10.7. The van der Waals surface area contributed by atoms with Crippen LogP contribution in [0.2, 0.25) is 5.02 Å². The molecule has 0 fully saturated rings. The number of nitrogens with one attached hydrogen (secondary N) is 2. The highest BCUT2D eigenvalue weighted by atomic mass is 35.5. The summed E-state index contributed by atoms with van der Waals surface area (Å²) in [7, 11) is 0. The summed E-state index contributed by atoms with van der Waals surface area (Å²) in [4.78, 5) is 24.1. The normalized spacial score (nSPS) is 10.3. The van der Waals surface area contributed by atoms with Crippen molar-refractivity contribution in [3.63, 3.8) is 0 Å². The number of halogens is 2. The minimum absolute atomic E-state index is 0.0693. The summed E-state index contributed by atoms with van der Waals surface area (Å²) in [5.41, 5.74) is 0.915. The molecule has 2 rings (SSSR count). The first-order valence-electron chi connectivity index (χ1n) is 8.26. The number of hydrogen-bond donors (Lipinski definition) is 2. The molecule has 0 spiro atoms. The zero-order valence-corrected chi connectivity index (χ0v) is 15.1. The molecular formula is C19H20ClFN2O3. The fraction of sp³-hybridized carbons (Fsp3) is 0.263. The number of rotatable bonds is 8. The summed E-state index contributed by atoms with van der Waals surface area (Å²) in [6.07, 6.45) is 2.00. The Morgan fingerprint density at radius 3 is 2.69 bits per heavy atom. The third-order valence-corrected chi connectivity index (χ3v) is 3.76. The van der Waals surface area contributed by atoms with Crippen LogP contribution in [0.5, 0.6) is 0 Å². The molecule has 138 valence electrons. The average molecular weight is 379 g/mol. The number of esters is 1. The van der Waals surface area contributed by atoms with Gasteiger partial charge in [0.1, 0.15) is 5.82 Å². The summed E-state index contributed by atoms with van der Waals surface area (Å²) < 4.78 is 18.6. The lowest BCUT2D eigenvalue weighted by atomic mass is 10.1. The van der Waals surface area contributed by atoms with Crippen LogP contribution in [0.3, 0.4) is 0 Å². The largest absolute Gasteiger partial charge is 0.452 e. The predicted octanol–water partition coefficient (Wildman–Crippen LogP) is 4.49. The van der Waals surface area contributed by atoms with Gasteiger partial charge in [0.25, 0.3) is 5.91 Å². The van der Waals surface area contributed by atoms with Crippen LogP contribution in [-0.2, 0) is 9.53 Å². The van der Waals surface area contributed by atoms with Gasteiger partial charge in [0.05, 0.1) is 11.3 Å². The van der Waals surface area contributed by atoms with E-state index in [1.165, 1.54) is 12.1 Å². The summed E-state index contributed by atoms with van der Waals surface area (Å²) in [5.74, 6) is -1.91. The van der Waals surface area contributed by atoms with Gasteiger partial charge in [-0.25, -0.2) is 9.18 Å². The summed E-state index contributed by atoms with van der Waals surface area (Å²) in [5, 5.41) is 5.78. The molecule has 7 heteroatoms. The van der Waals surface area contributed by atoms with Gasteiger partial charge in [0.2, 0.25) is 0 Å². The van der Waals surface area contributed by atoms with Crippen molar-refractivity contribution in [1.82, 2.24) is 0 Å². The molecule has 0 radical (unpaired) electrons. The Bertz CT molecular complexity index is 783. The fourth-order valence-electron chi connectivity index (χ4n) is 2.20. The lowest BCUT2D eigenvalue weighted by Gasteiger charge is -2.12. The van der Waals surface area contributed by atoms with E-state index in [9.17, 15) is 14.0 Å². The quantitative estimate of drug-likeness (QED) is 0.524. The monoisotopic (exact) mass is 378 g/mol. The smallest absolute Gasteiger partial charge is 0.340 e. The molecule has 2 aromatic rings. The Labute approximate surface area is 156 Å². The minimum atomic E-state index is -0.657. The van der Waals surface area contributed by atoms with Gasteiger partial charge in [-0.3, -0.25) is 4.79 Å². The Morgan fingerprint density at radius 2 is 1.92 bits per heavy atom. The Hall–Kier alpha value is -2.60. The van der Waals surface area contributed by atoms with E-state index in [0.29, 0.717) is 11.3 Å². The zero-order chi connectivity index (χ0) is 18.9. The molecular weight excluding hydrogens is 359 g/mol. The molecule has 2 N–H and O–H groups in total. The van der Waals surface area contributed by atoms with Crippen LogP contribution >= 0.6 is 11.6 Å². The van der Waals surface area contributed by atoms with Gasteiger partial charge in [-0.1, -0.05) is 37.1 Å². The van der Waals surface area contributed by atoms with E-state index in [1.807, 2.05) is 0 Å². The predicted molar refractivity (Wildman–Crippen MR) is 100 cm³/mol. The second-order valence-corrected chi connectivity index (χ2v) is 6.01. The number of unbranched alkanes of at least 4 members (excludes halogenated alkanes) is 1. The molecule has 0 atom stereocenters. The molecule has 0 saturated carbocycles. The van der Waals surface area contributed by atoms with Gasteiger partial charge in [0, 0.05) is 17.3 Å². The number of benzene rings is 2. The van der Waals surface area contributed by atoms with Crippen LogP contribution in [0.4, 0.5) is 15.8 Å². The first-order valence-corrected chi connectivity index (χ1v) is 8.64. The molecule has 0 aliphatic carbocycles. The Morgan fingerprint density at radius 1 is 1.15 bits per heavy atom. The zero-order valence-electron chi connectivity index (χ0n) is 14.4. The standard InChI is InChI=1S/C19H20ClFN2O3/c1-2-3-10-22-16-7-5-4-6-14(16)19(25)26-12-18(24)23-17-11-13(20)8-9-15(17)21/h4-9,11,22H,2-3,10,12H2,1H3,(H,23,24). The Balaban J connectivity index is 1.94. The van der Waals surface area contributed by atoms with E-state index in [1.54, 1.807) is 24.3 Å². The lowest BCUT2D eigenvalue weighted by Crippen LogP contribution is -2.22. The molecule has 26 heavy (non-hydrogen) atoms. The maximum Gasteiger partial charge on any atom is 0.340 e. The number of hydrogen-bond acceptors (Lipinski definition) is 4. The molecule has 5 nitrogen and oxygen atoms in total. The third-order valence-electron chi connectivity index (χ3n) is 3.53. The number of anilines is 2. The molecule has 0 aliphatic rings. The molecule has 0 saturated heterocycles. The number of carbonyl (C=O) groups is 2. The van der Waals surface area contributed by atoms with Gasteiger partial charge in [0.15, 0.2) is 6.61 Å². The van der Waals surface area contributed by atoms with E-state index < -0.39 is 24.3 Å². The van der Waals surface area contributed by atoms with Crippen molar-refractivity contribution < 1.29 is 18.7 Å². The molecule has 1 amide bonds. The molecule has 0 heterocycles. The number of carbonyl (C=O) groups excluding carboxylic acids is 2. The lowest BCUT2D eigenvalue weighted by molar-refractivity contribution is -0.119. The van der Waals surface area contributed by atoms with Gasteiger partial charge < -0.3 is 15.4 Å². The van der Waals surface area contributed by atoms with Gasteiger partial charge in [-0.15, -0.1) is 0 Å². The SMILES string of the molecule is CCCCNc1ccccc1C(=O)OCC(=O)Nc1cc(Cl)ccc1F. The van der Waals surface area contributed by atoms with Crippen LogP contribution in [-0.4, -0.2) is 25.0 Å². The van der Waals surface area contributed by atoms with Crippen LogP contribution < -0.4 is 10.6 Å². The number of ether oxygens (including phenoxy) is 1. The van der Waals surface area contributed by atoms with Crippen molar-refractivity contribution in [3.05, 3.63) is 58.9 Å². The van der Waals surface area contributed by atoms with Gasteiger partial charge >= 0.3 is 5.97 Å². The second-order valence-electron chi connectivity index (χ2n) is 5.57. The van der Waals surface area contributed by atoms with Crippen molar-refractivity contribution in [3.8, 4) is 0 Å².